The van der Waals surface area contributed by atoms with Crippen LogP contribution in [0.25, 0.3) is 0 Å². The van der Waals surface area contributed by atoms with Gasteiger partial charge < -0.3 is 4.74 Å². The van der Waals surface area contributed by atoms with E-state index in [1.165, 1.54) is 11.1 Å². The van der Waals surface area contributed by atoms with Crippen molar-refractivity contribution >= 4 is 5.78 Å². The van der Waals surface area contributed by atoms with Crippen LogP contribution in [0.2, 0.25) is 0 Å². The Kier molecular flexibility index (Phi) is 3.95. The van der Waals surface area contributed by atoms with Gasteiger partial charge in [0.1, 0.15) is 5.78 Å². The number of Topliss-reactive ketones (excluding diaryl/α,β-unsaturated/α-hetero) is 1. The number of ketones is 1. The highest BCUT2D eigenvalue weighted by Crippen LogP contribution is 2.18. The fraction of sp³-hybridized carbons (Fsp3) is 0.533. The maximum atomic E-state index is 11.9. The second kappa shape index (κ2) is 5.46. The van der Waals surface area contributed by atoms with E-state index in [1.807, 2.05) is 0 Å². The Hall–Kier alpha value is -1.15. The summed E-state index contributed by atoms with van der Waals surface area (Å²) in [5.74, 6) is 0.790. The Morgan fingerprint density at radius 2 is 2.18 bits per heavy atom. The maximum absolute atomic E-state index is 11.9. The lowest BCUT2D eigenvalue weighted by Crippen LogP contribution is -2.10. The first-order chi connectivity index (χ1) is 8.15. The fourth-order valence-electron chi connectivity index (χ4n) is 2.28. The standard InChI is InChI=1S/C15H20O2/c1-11-3-4-13(7-12(11)2)8-15(16)9-14-5-6-17-10-14/h3-4,7,14H,5-6,8-10H2,1-2H3. The number of benzene rings is 1. The van der Waals surface area contributed by atoms with Gasteiger partial charge in [0, 0.05) is 26.1 Å². The third-order valence-corrected chi connectivity index (χ3v) is 3.51. The van der Waals surface area contributed by atoms with E-state index in [2.05, 4.69) is 32.0 Å². The Morgan fingerprint density at radius 1 is 1.35 bits per heavy atom. The van der Waals surface area contributed by atoms with Gasteiger partial charge in [0.05, 0.1) is 0 Å². The monoisotopic (exact) mass is 232 g/mol. The Bertz CT molecular complexity index is 403. The lowest BCUT2D eigenvalue weighted by molar-refractivity contribution is -0.119. The van der Waals surface area contributed by atoms with Crippen molar-refractivity contribution < 1.29 is 9.53 Å². The van der Waals surface area contributed by atoms with E-state index in [4.69, 9.17) is 4.74 Å². The van der Waals surface area contributed by atoms with Crippen LogP contribution in [0.5, 0.6) is 0 Å². The third kappa shape index (κ3) is 3.40. The summed E-state index contributed by atoms with van der Waals surface area (Å²) >= 11 is 0. The minimum absolute atomic E-state index is 0.337. The molecule has 17 heavy (non-hydrogen) atoms. The summed E-state index contributed by atoms with van der Waals surface area (Å²) in [6.45, 7) is 5.77. The van der Waals surface area contributed by atoms with Gasteiger partial charge in [0.25, 0.3) is 0 Å². The summed E-state index contributed by atoms with van der Waals surface area (Å²) in [6.07, 6.45) is 2.28. The van der Waals surface area contributed by atoms with Crippen molar-refractivity contribution in [3.05, 3.63) is 34.9 Å². The molecule has 1 aliphatic heterocycles. The van der Waals surface area contributed by atoms with Crippen LogP contribution in [-0.4, -0.2) is 19.0 Å². The fourth-order valence-corrected chi connectivity index (χ4v) is 2.28. The molecule has 0 aliphatic carbocycles. The molecule has 0 aromatic heterocycles. The average molecular weight is 232 g/mol. The van der Waals surface area contributed by atoms with Crippen molar-refractivity contribution in [2.75, 3.05) is 13.2 Å². The van der Waals surface area contributed by atoms with E-state index >= 15 is 0 Å². The summed E-state index contributed by atoms with van der Waals surface area (Å²) in [5.41, 5.74) is 3.68. The molecule has 2 rings (SSSR count). The number of rotatable bonds is 4. The first-order valence-electron chi connectivity index (χ1n) is 6.30. The molecular weight excluding hydrogens is 212 g/mol. The van der Waals surface area contributed by atoms with Crippen molar-refractivity contribution in [1.82, 2.24) is 0 Å². The van der Waals surface area contributed by atoms with Crippen molar-refractivity contribution in [3.63, 3.8) is 0 Å². The third-order valence-electron chi connectivity index (χ3n) is 3.51. The molecule has 1 aromatic carbocycles. The van der Waals surface area contributed by atoms with Crippen molar-refractivity contribution in [3.8, 4) is 0 Å². The lowest BCUT2D eigenvalue weighted by atomic mass is 9.96. The summed E-state index contributed by atoms with van der Waals surface area (Å²) in [4.78, 5) is 11.9. The summed E-state index contributed by atoms with van der Waals surface area (Å²) in [7, 11) is 0. The van der Waals surface area contributed by atoms with Gasteiger partial charge in [-0.3, -0.25) is 4.79 Å². The van der Waals surface area contributed by atoms with Crippen molar-refractivity contribution in [2.24, 2.45) is 5.92 Å². The summed E-state index contributed by atoms with van der Waals surface area (Å²) < 4.78 is 5.29. The van der Waals surface area contributed by atoms with Gasteiger partial charge in [0.2, 0.25) is 0 Å². The first-order valence-corrected chi connectivity index (χ1v) is 6.30. The maximum Gasteiger partial charge on any atom is 0.137 e. The summed E-state index contributed by atoms with van der Waals surface area (Å²) in [5, 5.41) is 0. The lowest BCUT2D eigenvalue weighted by Gasteiger charge is -2.07. The molecule has 0 amide bonds. The van der Waals surface area contributed by atoms with Gasteiger partial charge >= 0.3 is 0 Å². The SMILES string of the molecule is Cc1ccc(CC(=O)CC2CCOC2)cc1C. The smallest absolute Gasteiger partial charge is 0.137 e. The zero-order valence-electron chi connectivity index (χ0n) is 10.7. The van der Waals surface area contributed by atoms with Crippen LogP contribution in [0.15, 0.2) is 18.2 Å². The molecule has 0 radical (unpaired) electrons. The molecule has 0 bridgehead atoms. The highest BCUT2D eigenvalue weighted by molar-refractivity contribution is 5.81. The number of ether oxygens (including phenoxy) is 1. The van der Waals surface area contributed by atoms with Crippen molar-refractivity contribution in [2.45, 2.75) is 33.1 Å². The normalized spacial score (nSPS) is 19.5. The minimum atomic E-state index is 0.337. The van der Waals surface area contributed by atoms with E-state index in [0.29, 0.717) is 24.5 Å². The van der Waals surface area contributed by atoms with E-state index in [-0.39, 0.29) is 0 Å². The molecule has 0 N–H and O–H groups in total. The highest BCUT2D eigenvalue weighted by atomic mass is 16.5. The first kappa shape index (κ1) is 12.3. The van der Waals surface area contributed by atoms with E-state index in [9.17, 15) is 4.79 Å². The summed E-state index contributed by atoms with van der Waals surface area (Å²) in [6, 6.07) is 6.28. The van der Waals surface area contributed by atoms with Crippen LogP contribution < -0.4 is 0 Å². The topological polar surface area (TPSA) is 26.3 Å². The zero-order valence-corrected chi connectivity index (χ0v) is 10.7. The van der Waals surface area contributed by atoms with Crippen molar-refractivity contribution in [1.29, 1.82) is 0 Å². The van der Waals surface area contributed by atoms with Gasteiger partial charge in [-0.1, -0.05) is 18.2 Å². The number of carbonyl (C=O) groups excluding carboxylic acids is 1. The Labute approximate surface area is 103 Å². The molecule has 0 spiro atoms. The van der Waals surface area contributed by atoms with E-state index < -0.39 is 0 Å². The van der Waals surface area contributed by atoms with Crippen LogP contribution in [0, 0.1) is 19.8 Å². The second-order valence-electron chi connectivity index (χ2n) is 5.07. The molecule has 1 saturated heterocycles. The van der Waals surface area contributed by atoms with Gasteiger partial charge in [-0.15, -0.1) is 0 Å². The van der Waals surface area contributed by atoms with Crippen LogP contribution in [-0.2, 0) is 16.0 Å². The van der Waals surface area contributed by atoms with Gasteiger partial charge in [0.15, 0.2) is 0 Å². The predicted octanol–water partition coefficient (Wildman–Crippen LogP) is 2.84. The van der Waals surface area contributed by atoms with E-state index in [0.717, 1.165) is 25.2 Å². The minimum Gasteiger partial charge on any atom is -0.381 e. The largest absolute Gasteiger partial charge is 0.381 e. The Balaban J connectivity index is 1.90. The van der Waals surface area contributed by atoms with Gasteiger partial charge in [-0.25, -0.2) is 0 Å². The van der Waals surface area contributed by atoms with Crippen LogP contribution in [0.3, 0.4) is 0 Å². The average Bonchev–Trinajstić information content (AvgIpc) is 2.76. The molecule has 2 heteroatoms. The number of aryl methyl sites for hydroxylation is 2. The molecule has 2 nitrogen and oxygen atoms in total. The molecule has 1 unspecified atom stereocenters. The molecule has 0 saturated carbocycles. The van der Waals surface area contributed by atoms with Crippen LogP contribution in [0.1, 0.15) is 29.5 Å². The van der Waals surface area contributed by atoms with Crippen LogP contribution >= 0.6 is 0 Å². The number of hydrogen-bond donors (Lipinski definition) is 0. The molecule has 1 heterocycles. The zero-order chi connectivity index (χ0) is 12.3. The molecule has 1 atom stereocenters. The number of hydrogen-bond acceptors (Lipinski definition) is 2. The van der Waals surface area contributed by atoms with Gasteiger partial charge in [-0.2, -0.15) is 0 Å². The predicted molar refractivity (Wildman–Crippen MR) is 68.2 cm³/mol. The van der Waals surface area contributed by atoms with Crippen LogP contribution in [0.4, 0.5) is 0 Å². The highest BCUT2D eigenvalue weighted by Gasteiger charge is 2.19. The quantitative estimate of drug-likeness (QED) is 0.798. The molecule has 1 aliphatic rings. The van der Waals surface area contributed by atoms with Gasteiger partial charge in [-0.05, 0) is 42.9 Å². The number of carbonyl (C=O) groups is 1. The molecular formula is C15H20O2. The molecule has 1 fully saturated rings. The molecule has 1 aromatic rings. The second-order valence-corrected chi connectivity index (χ2v) is 5.07. The molecule has 92 valence electrons. The Morgan fingerprint density at radius 3 is 2.82 bits per heavy atom. The van der Waals surface area contributed by atoms with E-state index in [1.54, 1.807) is 0 Å².